The van der Waals surface area contributed by atoms with E-state index in [0.717, 1.165) is 26.1 Å². The van der Waals surface area contributed by atoms with Gasteiger partial charge in [-0.1, -0.05) is 0 Å². The Morgan fingerprint density at radius 1 is 1.14 bits per heavy atom. The first-order valence-corrected chi connectivity index (χ1v) is 5.09. The third-order valence-electron chi connectivity index (χ3n) is 1.96. The molecule has 14 heavy (non-hydrogen) atoms. The maximum Gasteiger partial charge on any atom is 0.0639 e. The molecule has 0 aromatic carbocycles. The molecule has 1 unspecified atom stereocenters. The fraction of sp³-hybridized carbons (Fsp3) is 1.00. The van der Waals surface area contributed by atoms with Gasteiger partial charge in [0.1, 0.15) is 0 Å². The fourth-order valence-electron chi connectivity index (χ4n) is 1.32. The summed E-state index contributed by atoms with van der Waals surface area (Å²) < 4.78 is 9.99. The lowest BCUT2D eigenvalue weighted by molar-refractivity contribution is 0.0899. The summed E-state index contributed by atoms with van der Waals surface area (Å²) in [6, 6.07) is 0. The van der Waals surface area contributed by atoms with Crippen LogP contribution in [0.4, 0.5) is 0 Å². The standard InChI is InChI=1S/C10H23NO3/c1-10(12)9-11(6-8-14-3)5-4-7-13-2/h10,12H,4-9H2,1-3H3. The Morgan fingerprint density at radius 2 is 1.79 bits per heavy atom. The van der Waals surface area contributed by atoms with Gasteiger partial charge in [-0.2, -0.15) is 0 Å². The molecule has 0 rings (SSSR count). The lowest BCUT2D eigenvalue weighted by atomic mass is 10.3. The van der Waals surface area contributed by atoms with Crippen LogP contribution in [0.3, 0.4) is 0 Å². The molecule has 0 saturated carbocycles. The van der Waals surface area contributed by atoms with Crippen LogP contribution in [-0.4, -0.2) is 63.2 Å². The Balaban J connectivity index is 3.61. The Hall–Kier alpha value is -0.160. The first kappa shape index (κ1) is 13.8. The van der Waals surface area contributed by atoms with Gasteiger partial charge < -0.3 is 14.6 Å². The van der Waals surface area contributed by atoms with Crippen LogP contribution >= 0.6 is 0 Å². The zero-order valence-electron chi connectivity index (χ0n) is 9.53. The maximum atomic E-state index is 9.26. The second-order valence-electron chi connectivity index (χ2n) is 3.49. The summed E-state index contributed by atoms with van der Waals surface area (Å²) in [6.45, 7) is 5.79. The molecule has 0 aliphatic carbocycles. The summed E-state index contributed by atoms with van der Waals surface area (Å²) >= 11 is 0. The van der Waals surface area contributed by atoms with Crippen molar-refractivity contribution in [3.05, 3.63) is 0 Å². The first-order chi connectivity index (χ1) is 6.70. The van der Waals surface area contributed by atoms with Gasteiger partial charge in [0, 0.05) is 40.5 Å². The van der Waals surface area contributed by atoms with E-state index < -0.39 is 0 Å². The molecule has 0 heterocycles. The molecule has 0 saturated heterocycles. The minimum absolute atomic E-state index is 0.283. The SMILES string of the molecule is COCCCN(CCOC)CC(C)O. The van der Waals surface area contributed by atoms with Crippen LogP contribution in [0, 0.1) is 0 Å². The number of hydrogen-bond donors (Lipinski definition) is 1. The van der Waals surface area contributed by atoms with E-state index in [0.29, 0.717) is 13.2 Å². The smallest absolute Gasteiger partial charge is 0.0639 e. The average Bonchev–Trinajstić information content (AvgIpc) is 2.13. The topological polar surface area (TPSA) is 41.9 Å². The van der Waals surface area contributed by atoms with Crippen LogP contribution in [0.15, 0.2) is 0 Å². The molecule has 1 atom stereocenters. The van der Waals surface area contributed by atoms with Crippen molar-refractivity contribution in [3.8, 4) is 0 Å². The van der Waals surface area contributed by atoms with Crippen LogP contribution in [0.2, 0.25) is 0 Å². The molecule has 86 valence electrons. The molecule has 0 radical (unpaired) electrons. The third-order valence-corrected chi connectivity index (χ3v) is 1.96. The average molecular weight is 205 g/mol. The highest BCUT2D eigenvalue weighted by Crippen LogP contribution is 1.95. The van der Waals surface area contributed by atoms with Crippen molar-refractivity contribution in [1.29, 1.82) is 0 Å². The zero-order valence-corrected chi connectivity index (χ0v) is 9.53. The van der Waals surface area contributed by atoms with Crippen molar-refractivity contribution in [2.24, 2.45) is 0 Å². The molecule has 4 heteroatoms. The number of methoxy groups -OCH3 is 2. The Labute approximate surface area is 86.8 Å². The number of ether oxygens (including phenoxy) is 2. The monoisotopic (exact) mass is 205 g/mol. The molecular formula is C10H23NO3. The Bertz CT molecular complexity index is 120. The number of aliphatic hydroxyl groups is 1. The molecule has 0 aliphatic heterocycles. The summed E-state index contributed by atoms with van der Waals surface area (Å²) in [7, 11) is 3.39. The summed E-state index contributed by atoms with van der Waals surface area (Å²) in [5.74, 6) is 0. The molecule has 1 N–H and O–H groups in total. The van der Waals surface area contributed by atoms with Crippen molar-refractivity contribution in [1.82, 2.24) is 4.90 Å². The normalized spacial score (nSPS) is 13.5. The van der Waals surface area contributed by atoms with Crippen molar-refractivity contribution in [3.63, 3.8) is 0 Å². The summed E-state index contributed by atoms with van der Waals surface area (Å²) in [5, 5.41) is 9.26. The molecule has 0 aromatic heterocycles. The molecule has 0 amide bonds. The lowest BCUT2D eigenvalue weighted by Gasteiger charge is -2.23. The first-order valence-electron chi connectivity index (χ1n) is 5.09. The van der Waals surface area contributed by atoms with Gasteiger partial charge >= 0.3 is 0 Å². The van der Waals surface area contributed by atoms with E-state index in [4.69, 9.17) is 9.47 Å². The minimum Gasteiger partial charge on any atom is -0.392 e. The van der Waals surface area contributed by atoms with Crippen LogP contribution in [0.5, 0.6) is 0 Å². The van der Waals surface area contributed by atoms with Crippen LogP contribution in [0.1, 0.15) is 13.3 Å². The van der Waals surface area contributed by atoms with E-state index in [1.807, 2.05) is 0 Å². The van der Waals surface area contributed by atoms with Crippen LogP contribution in [0.25, 0.3) is 0 Å². The maximum absolute atomic E-state index is 9.26. The van der Waals surface area contributed by atoms with Gasteiger partial charge in [-0.3, -0.25) is 4.90 Å². The molecule has 4 nitrogen and oxygen atoms in total. The third kappa shape index (κ3) is 8.44. The van der Waals surface area contributed by atoms with Gasteiger partial charge in [-0.25, -0.2) is 0 Å². The van der Waals surface area contributed by atoms with Crippen molar-refractivity contribution in [2.75, 3.05) is 47.1 Å². The number of nitrogens with zero attached hydrogens (tertiary/aromatic N) is 1. The molecule has 0 spiro atoms. The summed E-state index contributed by atoms with van der Waals surface area (Å²) in [5.41, 5.74) is 0. The van der Waals surface area contributed by atoms with Crippen LogP contribution < -0.4 is 0 Å². The van der Waals surface area contributed by atoms with Gasteiger partial charge in [0.15, 0.2) is 0 Å². The number of rotatable bonds is 9. The molecule has 0 aliphatic rings. The molecule has 0 fully saturated rings. The predicted octanol–water partition coefficient (Wildman–Crippen LogP) is 0.352. The molecule has 0 bridgehead atoms. The van der Waals surface area contributed by atoms with Gasteiger partial charge in [0.05, 0.1) is 12.7 Å². The summed E-state index contributed by atoms with van der Waals surface area (Å²) in [4.78, 5) is 2.19. The molecular weight excluding hydrogens is 182 g/mol. The van der Waals surface area contributed by atoms with E-state index in [-0.39, 0.29) is 6.10 Å². The zero-order chi connectivity index (χ0) is 10.8. The minimum atomic E-state index is -0.283. The fourth-order valence-corrected chi connectivity index (χ4v) is 1.32. The highest BCUT2D eigenvalue weighted by atomic mass is 16.5. The highest BCUT2D eigenvalue weighted by Gasteiger charge is 2.07. The Morgan fingerprint density at radius 3 is 2.29 bits per heavy atom. The van der Waals surface area contributed by atoms with Gasteiger partial charge in [0.2, 0.25) is 0 Å². The number of hydrogen-bond acceptors (Lipinski definition) is 4. The molecule has 0 aromatic rings. The highest BCUT2D eigenvalue weighted by molar-refractivity contribution is 4.61. The van der Waals surface area contributed by atoms with E-state index in [1.165, 1.54) is 0 Å². The van der Waals surface area contributed by atoms with E-state index in [2.05, 4.69) is 4.90 Å². The van der Waals surface area contributed by atoms with Crippen molar-refractivity contribution in [2.45, 2.75) is 19.4 Å². The predicted molar refractivity (Wildman–Crippen MR) is 56.5 cm³/mol. The van der Waals surface area contributed by atoms with Gasteiger partial charge in [-0.15, -0.1) is 0 Å². The quantitative estimate of drug-likeness (QED) is 0.552. The van der Waals surface area contributed by atoms with Crippen molar-refractivity contribution >= 4 is 0 Å². The lowest BCUT2D eigenvalue weighted by Crippen LogP contribution is -2.34. The Kier molecular flexibility index (Phi) is 9.29. The second-order valence-corrected chi connectivity index (χ2v) is 3.49. The van der Waals surface area contributed by atoms with Gasteiger partial charge in [-0.05, 0) is 13.3 Å². The van der Waals surface area contributed by atoms with E-state index in [1.54, 1.807) is 21.1 Å². The van der Waals surface area contributed by atoms with E-state index in [9.17, 15) is 5.11 Å². The van der Waals surface area contributed by atoms with Crippen LogP contribution in [-0.2, 0) is 9.47 Å². The second kappa shape index (κ2) is 9.40. The largest absolute Gasteiger partial charge is 0.392 e. The van der Waals surface area contributed by atoms with Crippen molar-refractivity contribution < 1.29 is 14.6 Å². The van der Waals surface area contributed by atoms with E-state index >= 15 is 0 Å². The number of aliphatic hydroxyl groups excluding tert-OH is 1. The summed E-state index contributed by atoms with van der Waals surface area (Å²) in [6.07, 6.45) is 0.710. The van der Waals surface area contributed by atoms with Gasteiger partial charge in [0.25, 0.3) is 0 Å².